The van der Waals surface area contributed by atoms with E-state index in [0.717, 1.165) is 38.2 Å². The maximum absolute atomic E-state index is 12.0. The predicted molar refractivity (Wildman–Crippen MR) is 121 cm³/mol. The summed E-state index contributed by atoms with van der Waals surface area (Å²) in [5.41, 5.74) is 3.56. The number of nitrogens with one attached hydrogen (secondary N) is 1. The number of fused-ring (bicyclic) bond motifs is 1. The zero-order valence-corrected chi connectivity index (χ0v) is 19.0. The average Bonchev–Trinajstić information content (AvgIpc) is 3.10. The summed E-state index contributed by atoms with van der Waals surface area (Å²) in [6.07, 6.45) is 2.80. The van der Waals surface area contributed by atoms with Crippen LogP contribution in [0, 0.1) is 5.92 Å². The van der Waals surface area contributed by atoms with E-state index < -0.39 is 5.60 Å². The highest BCUT2D eigenvalue weighted by atomic mass is 16.6. The summed E-state index contributed by atoms with van der Waals surface area (Å²) in [6.45, 7) is 8.23. The van der Waals surface area contributed by atoms with Gasteiger partial charge in [0, 0.05) is 62.9 Å². The van der Waals surface area contributed by atoms with Gasteiger partial charge in [0.05, 0.1) is 0 Å². The fourth-order valence-corrected chi connectivity index (χ4v) is 4.25. The summed E-state index contributed by atoms with van der Waals surface area (Å²) in [7, 11) is 1.60. The van der Waals surface area contributed by atoms with Crippen LogP contribution in [0.2, 0.25) is 0 Å². The standard InChI is InChI=1S/C24H33N3O4/c1-24(2,3)31-23(30)11-8-17-14-26(15-17)20-6-5-7-21-19(20)12-13-27(21)18(16-28)9-10-22(29)25-4/h5-7,17H,8-15H2,1-4H3,(H,25,29). The van der Waals surface area contributed by atoms with E-state index in [9.17, 15) is 14.4 Å². The molecule has 1 fully saturated rings. The Morgan fingerprint density at radius 3 is 2.52 bits per heavy atom. The monoisotopic (exact) mass is 427 g/mol. The number of esters is 1. The van der Waals surface area contributed by atoms with Crippen molar-refractivity contribution in [3.63, 3.8) is 0 Å². The van der Waals surface area contributed by atoms with E-state index >= 15 is 0 Å². The Kier molecular flexibility index (Phi) is 7.06. The van der Waals surface area contributed by atoms with Crippen molar-refractivity contribution in [2.45, 2.75) is 58.5 Å². The number of hydrogen-bond acceptors (Lipinski definition) is 6. The van der Waals surface area contributed by atoms with E-state index in [0.29, 0.717) is 24.5 Å². The summed E-state index contributed by atoms with van der Waals surface area (Å²) in [5.74, 6) is 2.32. The van der Waals surface area contributed by atoms with Gasteiger partial charge in [-0.2, -0.15) is 0 Å². The molecular formula is C24H33N3O4. The Bertz CT molecular complexity index is 877. The molecule has 2 aliphatic rings. The molecule has 2 heterocycles. The summed E-state index contributed by atoms with van der Waals surface area (Å²) in [4.78, 5) is 39.4. The third-order valence-corrected chi connectivity index (χ3v) is 5.79. The first-order chi connectivity index (χ1) is 14.7. The normalized spacial score (nSPS) is 15.7. The SMILES string of the molecule is CNC(=O)CCC(=C=O)N1CCc2c(N3CC(CCC(=O)OC(C)(C)C)C3)cccc21. The third-order valence-electron chi connectivity index (χ3n) is 5.79. The first kappa shape index (κ1) is 22.9. The Morgan fingerprint density at radius 1 is 1.16 bits per heavy atom. The van der Waals surface area contributed by atoms with Crippen molar-refractivity contribution in [3.05, 3.63) is 29.5 Å². The molecular weight excluding hydrogens is 394 g/mol. The fourth-order valence-electron chi connectivity index (χ4n) is 4.25. The number of carbonyl (C=O) groups is 2. The van der Waals surface area contributed by atoms with Crippen molar-refractivity contribution in [1.29, 1.82) is 0 Å². The molecule has 0 unspecified atom stereocenters. The Balaban J connectivity index is 1.58. The summed E-state index contributed by atoms with van der Waals surface area (Å²) < 4.78 is 5.40. The first-order valence-electron chi connectivity index (χ1n) is 11.0. The third kappa shape index (κ3) is 5.67. The number of ether oxygens (including phenoxy) is 1. The molecule has 31 heavy (non-hydrogen) atoms. The second kappa shape index (κ2) is 9.56. The van der Waals surface area contributed by atoms with Crippen LogP contribution in [0.1, 0.15) is 52.0 Å². The summed E-state index contributed by atoms with van der Waals surface area (Å²) in [5, 5.41) is 2.59. The maximum Gasteiger partial charge on any atom is 0.306 e. The van der Waals surface area contributed by atoms with Crippen molar-refractivity contribution in [2.75, 3.05) is 36.5 Å². The fraction of sp³-hybridized carbons (Fsp3) is 0.583. The molecule has 3 rings (SSSR count). The van der Waals surface area contributed by atoms with Crippen LogP contribution in [0.4, 0.5) is 11.4 Å². The smallest absolute Gasteiger partial charge is 0.306 e. The van der Waals surface area contributed by atoms with Crippen LogP contribution >= 0.6 is 0 Å². The first-order valence-corrected chi connectivity index (χ1v) is 11.0. The summed E-state index contributed by atoms with van der Waals surface area (Å²) in [6, 6.07) is 6.17. The molecule has 0 spiro atoms. The quantitative estimate of drug-likeness (QED) is 0.508. The van der Waals surface area contributed by atoms with Gasteiger partial charge in [0.2, 0.25) is 5.91 Å². The number of carbonyl (C=O) groups excluding carboxylic acids is 3. The van der Waals surface area contributed by atoms with Crippen LogP contribution in [-0.4, -0.2) is 50.1 Å². The molecule has 0 aliphatic carbocycles. The van der Waals surface area contributed by atoms with Crippen molar-refractivity contribution in [1.82, 2.24) is 5.32 Å². The van der Waals surface area contributed by atoms with Crippen LogP contribution in [0.15, 0.2) is 23.9 Å². The molecule has 1 N–H and O–H groups in total. The second-order valence-electron chi connectivity index (χ2n) is 9.29. The highest BCUT2D eigenvalue weighted by molar-refractivity contribution is 5.79. The van der Waals surface area contributed by atoms with Gasteiger partial charge in [-0.25, -0.2) is 4.79 Å². The molecule has 0 atom stereocenters. The predicted octanol–water partition coefficient (Wildman–Crippen LogP) is 2.85. The number of allylic oxidation sites excluding steroid dienone is 1. The molecule has 0 saturated carbocycles. The molecule has 168 valence electrons. The molecule has 1 aromatic rings. The lowest BCUT2D eigenvalue weighted by atomic mass is 9.92. The van der Waals surface area contributed by atoms with E-state index in [1.807, 2.05) is 43.7 Å². The lowest BCUT2D eigenvalue weighted by Crippen LogP contribution is -2.47. The Hall–Kier alpha value is -2.79. The lowest BCUT2D eigenvalue weighted by Gasteiger charge is -2.42. The minimum atomic E-state index is -0.436. The van der Waals surface area contributed by atoms with Gasteiger partial charge in [0.25, 0.3) is 0 Å². The van der Waals surface area contributed by atoms with Crippen molar-refractivity contribution >= 4 is 29.2 Å². The zero-order chi connectivity index (χ0) is 22.6. The van der Waals surface area contributed by atoms with Crippen molar-refractivity contribution in [2.24, 2.45) is 5.92 Å². The van der Waals surface area contributed by atoms with Gasteiger partial charge in [0.15, 0.2) is 0 Å². The van der Waals surface area contributed by atoms with Crippen LogP contribution in [-0.2, 0) is 25.5 Å². The molecule has 1 saturated heterocycles. The zero-order valence-electron chi connectivity index (χ0n) is 19.0. The van der Waals surface area contributed by atoms with Gasteiger partial charge >= 0.3 is 5.97 Å². The number of amides is 1. The lowest BCUT2D eigenvalue weighted by molar-refractivity contribution is -0.155. The van der Waals surface area contributed by atoms with Gasteiger partial charge in [-0.3, -0.25) is 9.59 Å². The molecule has 1 amide bonds. The number of nitrogens with zero attached hydrogens (tertiary/aromatic N) is 2. The molecule has 0 aromatic heterocycles. The van der Waals surface area contributed by atoms with Gasteiger partial charge in [-0.15, -0.1) is 0 Å². The van der Waals surface area contributed by atoms with Crippen molar-refractivity contribution < 1.29 is 19.1 Å². The van der Waals surface area contributed by atoms with Gasteiger partial charge in [-0.05, 0) is 51.7 Å². The molecule has 7 nitrogen and oxygen atoms in total. The summed E-state index contributed by atoms with van der Waals surface area (Å²) >= 11 is 0. The van der Waals surface area contributed by atoms with Gasteiger partial charge in [-0.1, -0.05) is 6.07 Å². The van der Waals surface area contributed by atoms with Crippen LogP contribution in [0.5, 0.6) is 0 Å². The van der Waals surface area contributed by atoms with Crippen molar-refractivity contribution in [3.8, 4) is 0 Å². The van der Waals surface area contributed by atoms with Crippen LogP contribution in [0.3, 0.4) is 0 Å². The van der Waals surface area contributed by atoms with E-state index in [2.05, 4.69) is 16.3 Å². The van der Waals surface area contributed by atoms with E-state index in [1.54, 1.807) is 7.05 Å². The number of anilines is 2. The number of benzene rings is 1. The van der Waals surface area contributed by atoms with Gasteiger partial charge < -0.3 is 19.9 Å². The second-order valence-corrected chi connectivity index (χ2v) is 9.29. The number of rotatable bonds is 8. The van der Waals surface area contributed by atoms with Crippen LogP contribution in [0.25, 0.3) is 0 Å². The average molecular weight is 428 g/mol. The van der Waals surface area contributed by atoms with Crippen LogP contribution < -0.4 is 15.1 Å². The minimum absolute atomic E-state index is 0.0843. The minimum Gasteiger partial charge on any atom is -0.460 e. The molecule has 7 heteroatoms. The van der Waals surface area contributed by atoms with E-state index in [-0.39, 0.29) is 18.3 Å². The topological polar surface area (TPSA) is 79.0 Å². The number of hydrogen-bond donors (Lipinski definition) is 1. The Morgan fingerprint density at radius 2 is 1.87 bits per heavy atom. The molecule has 0 bridgehead atoms. The maximum atomic E-state index is 12.0. The molecule has 1 aromatic carbocycles. The highest BCUT2D eigenvalue weighted by Gasteiger charge is 2.32. The molecule has 2 aliphatic heterocycles. The largest absolute Gasteiger partial charge is 0.460 e. The highest BCUT2D eigenvalue weighted by Crippen LogP contribution is 2.40. The van der Waals surface area contributed by atoms with E-state index in [4.69, 9.17) is 4.74 Å². The van der Waals surface area contributed by atoms with E-state index in [1.165, 1.54) is 11.3 Å². The Labute approximate surface area is 184 Å². The van der Waals surface area contributed by atoms with Gasteiger partial charge in [0.1, 0.15) is 17.2 Å². The molecule has 0 radical (unpaired) electrons.